The van der Waals surface area contributed by atoms with E-state index in [0.717, 1.165) is 29.7 Å². The summed E-state index contributed by atoms with van der Waals surface area (Å²) >= 11 is 1.32. The second-order valence-corrected chi connectivity index (χ2v) is 8.45. The third-order valence-corrected chi connectivity index (χ3v) is 6.00. The first-order valence-electron chi connectivity index (χ1n) is 9.54. The second kappa shape index (κ2) is 9.18. The maximum absolute atomic E-state index is 12.4. The Labute approximate surface area is 168 Å². The van der Waals surface area contributed by atoms with Gasteiger partial charge in [0.15, 0.2) is 0 Å². The van der Waals surface area contributed by atoms with E-state index in [2.05, 4.69) is 26.2 Å². The number of para-hydroxylation sites is 1. The number of nitrogens with one attached hydrogen (secondary N) is 2. The first-order valence-corrected chi connectivity index (χ1v) is 10.4. The van der Waals surface area contributed by atoms with Crippen LogP contribution in [-0.4, -0.2) is 43.8 Å². The van der Waals surface area contributed by atoms with Crippen molar-refractivity contribution in [1.82, 2.24) is 25.5 Å². The van der Waals surface area contributed by atoms with Gasteiger partial charge in [0.05, 0.1) is 17.8 Å². The molecule has 2 aromatic rings. The lowest BCUT2D eigenvalue weighted by atomic mass is 10.1. The fourth-order valence-electron chi connectivity index (χ4n) is 3.36. The number of carbonyl (C=O) groups excluding carboxylic acids is 2. The Morgan fingerprint density at radius 3 is 2.61 bits per heavy atom. The van der Waals surface area contributed by atoms with Gasteiger partial charge in [0.25, 0.3) is 0 Å². The SMILES string of the molecule is Cc1cccc(C)c1NC(=O)CNC(=O)[C@H](C)Sc1nnnn1C1CCCC1. The van der Waals surface area contributed by atoms with E-state index in [0.29, 0.717) is 11.2 Å². The Morgan fingerprint density at radius 2 is 1.93 bits per heavy atom. The number of aryl methyl sites for hydroxylation is 2. The average Bonchev–Trinajstić information content (AvgIpc) is 3.34. The van der Waals surface area contributed by atoms with Gasteiger partial charge in [-0.3, -0.25) is 9.59 Å². The van der Waals surface area contributed by atoms with Gasteiger partial charge in [0.2, 0.25) is 17.0 Å². The molecule has 3 rings (SSSR count). The molecule has 8 nitrogen and oxygen atoms in total. The quantitative estimate of drug-likeness (QED) is 0.691. The highest BCUT2D eigenvalue weighted by Crippen LogP contribution is 2.32. The zero-order valence-electron chi connectivity index (χ0n) is 16.4. The van der Waals surface area contributed by atoms with Crippen LogP contribution in [0.3, 0.4) is 0 Å². The smallest absolute Gasteiger partial charge is 0.243 e. The Hall–Kier alpha value is -2.42. The lowest BCUT2D eigenvalue weighted by molar-refractivity contribution is -0.123. The van der Waals surface area contributed by atoms with Crippen LogP contribution < -0.4 is 10.6 Å². The second-order valence-electron chi connectivity index (χ2n) is 7.14. The van der Waals surface area contributed by atoms with Crippen LogP contribution >= 0.6 is 11.8 Å². The number of hydrogen-bond donors (Lipinski definition) is 2. The Morgan fingerprint density at radius 1 is 1.25 bits per heavy atom. The maximum atomic E-state index is 12.4. The number of anilines is 1. The van der Waals surface area contributed by atoms with Crippen LogP contribution in [-0.2, 0) is 9.59 Å². The minimum Gasteiger partial charge on any atom is -0.346 e. The summed E-state index contributed by atoms with van der Waals surface area (Å²) in [6.07, 6.45) is 4.50. The number of benzene rings is 1. The van der Waals surface area contributed by atoms with Gasteiger partial charge in [-0.25, -0.2) is 4.68 Å². The van der Waals surface area contributed by atoms with Crippen LogP contribution in [0.15, 0.2) is 23.4 Å². The van der Waals surface area contributed by atoms with Gasteiger partial charge in [-0.05, 0) is 55.2 Å². The van der Waals surface area contributed by atoms with Crippen LogP contribution in [0.1, 0.15) is 49.8 Å². The van der Waals surface area contributed by atoms with Crippen molar-refractivity contribution in [3.05, 3.63) is 29.3 Å². The van der Waals surface area contributed by atoms with Gasteiger partial charge >= 0.3 is 0 Å². The molecule has 1 fully saturated rings. The van der Waals surface area contributed by atoms with Gasteiger partial charge in [-0.1, -0.05) is 42.8 Å². The maximum Gasteiger partial charge on any atom is 0.243 e. The van der Waals surface area contributed by atoms with E-state index in [9.17, 15) is 9.59 Å². The highest BCUT2D eigenvalue weighted by Gasteiger charge is 2.24. The molecule has 1 saturated carbocycles. The standard InChI is InChI=1S/C19H26N6O2S/c1-12-7-6-8-13(2)17(12)21-16(26)11-20-18(27)14(3)28-19-22-23-24-25(19)15-9-4-5-10-15/h6-8,14-15H,4-5,9-11H2,1-3H3,(H,20,27)(H,21,26)/t14-/m0/s1. The van der Waals surface area contributed by atoms with Gasteiger partial charge < -0.3 is 10.6 Å². The van der Waals surface area contributed by atoms with Crippen LogP contribution in [0.4, 0.5) is 5.69 Å². The number of rotatable bonds is 7. The summed E-state index contributed by atoms with van der Waals surface area (Å²) in [5.41, 5.74) is 2.77. The predicted molar refractivity (Wildman–Crippen MR) is 108 cm³/mol. The zero-order chi connectivity index (χ0) is 20.1. The third-order valence-electron chi connectivity index (χ3n) is 4.95. The van der Waals surface area contributed by atoms with Gasteiger partial charge in [0, 0.05) is 5.69 Å². The monoisotopic (exact) mass is 402 g/mol. The summed E-state index contributed by atoms with van der Waals surface area (Å²) in [7, 11) is 0. The van der Waals surface area contributed by atoms with Crippen LogP contribution in [0.25, 0.3) is 0 Å². The Balaban J connectivity index is 1.51. The van der Waals surface area contributed by atoms with Gasteiger partial charge in [-0.15, -0.1) is 5.10 Å². The summed E-state index contributed by atoms with van der Waals surface area (Å²) in [5.74, 6) is -0.471. The zero-order valence-corrected chi connectivity index (χ0v) is 17.3. The number of thioether (sulfide) groups is 1. The fourth-order valence-corrected chi connectivity index (χ4v) is 4.24. The fraction of sp³-hybridized carbons (Fsp3) is 0.526. The topological polar surface area (TPSA) is 102 Å². The lowest BCUT2D eigenvalue weighted by Gasteiger charge is -2.15. The first kappa shape index (κ1) is 20.3. The predicted octanol–water partition coefficient (Wildman–Crippen LogP) is 2.64. The van der Waals surface area contributed by atoms with Crippen molar-refractivity contribution in [3.8, 4) is 0 Å². The number of hydrogen-bond acceptors (Lipinski definition) is 6. The van der Waals surface area contributed by atoms with Gasteiger partial charge in [-0.2, -0.15) is 0 Å². The molecule has 1 aliphatic rings. The molecule has 1 aliphatic carbocycles. The highest BCUT2D eigenvalue weighted by atomic mass is 32.2. The molecule has 9 heteroatoms. The molecule has 1 aromatic carbocycles. The van der Waals surface area contributed by atoms with E-state index in [4.69, 9.17) is 0 Å². The number of nitrogens with zero attached hydrogens (tertiary/aromatic N) is 4. The van der Waals surface area contributed by atoms with Crippen molar-refractivity contribution in [2.24, 2.45) is 0 Å². The molecule has 0 saturated heterocycles. The lowest BCUT2D eigenvalue weighted by Crippen LogP contribution is -2.37. The minimum atomic E-state index is -0.404. The molecule has 28 heavy (non-hydrogen) atoms. The number of carbonyl (C=O) groups is 2. The summed E-state index contributed by atoms with van der Waals surface area (Å²) in [5, 5.41) is 17.7. The molecule has 0 bridgehead atoms. The molecule has 0 radical (unpaired) electrons. The molecule has 0 spiro atoms. The molecule has 1 atom stereocenters. The first-order chi connectivity index (χ1) is 13.5. The Kier molecular flexibility index (Phi) is 6.66. The van der Waals surface area contributed by atoms with E-state index >= 15 is 0 Å². The normalized spacial score (nSPS) is 15.4. The van der Waals surface area contributed by atoms with Gasteiger partial charge in [0.1, 0.15) is 0 Å². The van der Waals surface area contributed by atoms with E-state index in [1.807, 2.05) is 36.7 Å². The van der Waals surface area contributed by atoms with E-state index in [-0.39, 0.29) is 18.4 Å². The molecule has 2 N–H and O–H groups in total. The van der Waals surface area contributed by atoms with Crippen LogP contribution in [0.5, 0.6) is 0 Å². The number of amides is 2. The van der Waals surface area contributed by atoms with Crippen molar-refractivity contribution in [2.75, 3.05) is 11.9 Å². The highest BCUT2D eigenvalue weighted by molar-refractivity contribution is 8.00. The Bertz CT molecular complexity index is 826. The molecule has 1 heterocycles. The van der Waals surface area contributed by atoms with Crippen molar-refractivity contribution < 1.29 is 9.59 Å². The van der Waals surface area contributed by atoms with Crippen molar-refractivity contribution in [1.29, 1.82) is 0 Å². The summed E-state index contributed by atoms with van der Waals surface area (Å²) < 4.78 is 1.83. The molecular formula is C19H26N6O2S. The van der Waals surface area contributed by atoms with Crippen molar-refractivity contribution in [2.45, 2.75) is 62.9 Å². The van der Waals surface area contributed by atoms with E-state index in [1.54, 1.807) is 6.92 Å². The number of tetrazole rings is 1. The molecule has 0 unspecified atom stereocenters. The minimum absolute atomic E-state index is 0.0783. The van der Waals surface area contributed by atoms with E-state index < -0.39 is 5.25 Å². The molecule has 1 aromatic heterocycles. The van der Waals surface area contributed by atoms with E-state index in [1.165, 1.54) is 24.6 Å². The molecule has 0 aliphatic heterocycles. The molecular weight excluding hydrogens is 376 g/mol. The molecule has 2 amide bonds. The largest absolute Gasteiger partial charge is 0.346 e. The van der Waals surface area contributed by atoms with Crippen LogP contribution in [0.2, 0.25) is 0 Å². The average molecular weight is 403 g/mol. The summed E-state index contributed by atoms with van der Waals surface area (Å²) in [6, 6.07) is 6.14. The van der Waals surface area contributed by atoms with Crippen molar-refractivity contribution >= 4 is 29.3 Å². The number of aromatic nitrogens is 4. The summed E-state index contributed by atoms with van der Waals surface area (Å²) in [6.45, 7) is 5.59. The molecule has 150 valence electrons. The third kappa shape index (κ3) is 4.89. The van der Waals surface area contributed by atoms with Crippen molar-refractivity contribution in [3.63, 3.8) is 0 Å². The van der Waals surface area contributed by atoms with Crippen LogP contribution in [0, 0.1) is 13.8 Å². The summed E-state index contributed by atoms with van der Waals surface area (Å²) in [4.78, 5) is 24.6.